The van der Waals surface area contributed by atoms with Gasteiger partial charge in [-0.2, -0.15) is 0 Å². The van der Waals surface area contributed by atoms with Gasteiger partial charge in [-0.1, -0.05) is 45.1 Å². The van der Waals surface area contributed by atoms with Crippen molar-refractivity contribution in [1.82, 2.24) is 10.6 Å². The molecule has 0 aromatic heterocycles. The molecular formula is C23H42N2O2. The van der Waals surface area contributed by atoms with Crippen LogP contribution in [0.1, 0.15) is 47.5 Å². The smallest absolute Gasteiger partial charge is 0.111 e. The molecule has 27 heavy (non-hydrogen) atoms. The lowest BCUT2D eigenvalue weighted by Crippen LogP contribution is -2.41. The van der Waals surface area contributed by atoms with E-state index in [9.17, 15) is 0 Å². The predicted molar refractivity (Wildman–Crippen MR) is 118 cm³/mol. The van der Waals surface area contributed by atoms with Crippen LogP contribution in [-0.2, 0) is 9.47 Å². The summed E-state index contributed by atoms with van der Waals surface area (Å²) in [7, 11) is 3.35. The maximum atomic E-state index is 5.24. The summed E-state index contributed by atoms with van der Waals surface area (Å²) in [6.45, 7) is 21.7. The molecule has 0 aliphatic rings. The standard InChI is InChI=1S/C23H42N2O2/c1-10-25-22(23(17(2)3)19(5)16-21(7)27-9)12-14-24-13-11-18(4)15-20(6)26-8/h15-17,22-25H,4,7,10-14H2,1-3,5-6,8-9H3. The average Bonchev–Trinajstić information content (AvgIpc) is 2.60. The first-order valence-corrected chi connectivity index (χ1v) is 10.0. The van der Waals surface area contributed by atoms with Gasteiger partial charge in [-0.25, -0.2) is 0 Å². The maximum Gasteiger partial charge on any atom is 0.111 e. The highest BCUT2D eigenvalue weighted by atomic mass is 16.5. The average molecular weight is 379 g/mol. The molecule has 156 valence electrons. The summed E-state index contributed by atoms with van der Waals surface area (Å²) in [6, 6.07) is 0.419. The van der Waals surface area contributed by atoms with E-state index in [-0.39, 0.29) is 0 Å². The summed E-state index contributed by atoms with van der Waals surface area (Å²) in [5.41, 5.74) is 2.40. The number of hydrogen-bond acceptors (Lipinski definition) is 4. The van der Waals surface area contributed by atoms with Crippen LogP contribution in [0.3, 0.4) is 0 Å². The molecule has 0 fully saturated rings. The van der Waals surface area contributed by atoms with E-state index >= 15 is 0 Å². The first-order chi connectivity index (χ1) is 12.8. The zero-order chi connectivity index (χ0) is 20.8. The molecule has 2 N–H and O–H groups in total. The fourth-order valence-electron chi connectivity index (χ4n) is 3.44. The molecular weight excluding hydrogens is 336 g/mol. The van der Waals surface area contributed by atoms with Gasteiger partial charge in [0.25, 0.3) is 0 Å². The lowest BCUT2D eigenvalue weighted by Gasteiger charge is -2.32. The van der Waals surface area contributed by atoms with Crippen LogP contribution in [0, 0.1) is 11.8 Å². The van der Waals surface area contributed by atoms with Crippen LogP contribution in [0.25, 0.3) is 0 Å². The third kappa shape index (κ3) is 11.0. The van der Waals surface area contributed by atoms with Crippen molar-refractivity contribution >= 4 is 0 Å². The first kappa shape index (κ1) is 25.5. The molecule has 0 rings (SSSR count). The van der Waals surface area contributed by atoms with Gasteiger partial charge in [0, 0.05) is 6.04 Å². The van der Waals surface area contributed by atoms with Gasteiger partial charge in [-0.3, -0.25) is 0 Å². The minimum atomic E-state index is 0.419. The molecule has 0 radical (unpaired) electrons. The number of allylic oxidation sites excluding steroid dienone is 3. The zero-order valence-electron chi connectivity index (χ0n) is 18.7. The molecule has 4 nitrogen and oxygen atoms in total. The number of hydrogen-bond donors (Lipinski definition) is 2. The summed E-state index contributed by atoms with van der Waals surface area (Å²) in [6.07, 6.45) is 6.05. The second kappa shape index (κ2) is 14.5. The Balaban J connectivity index is 4.70. The third-order valence-corrected chi connectivity index (χ3v) is 4.78. The van der Waals surface area contributed by atoms with Crippen LogP contribution in [0.4, 0.5) is 0 Å². The summed E-state index contributed by atoms with van der Waals surface area (Å²) in [4.78, 5) is 0. The first-order valence-electron chi connectivity index (χ1n) is 10.0. The van der Waals surface area contributed by atoms with E-state index in [1.165, 1.54) is 5.57 Å². The van der Waals surface area contributed by atoms with E-state index in [0.29, 0.717) is 23.6 Å². The highest BCUT2D eigenvalue weighted by molar-refractivity contribution is 5.19. The Kier molecular flexibility index (Phi) is 13.7. The number of ether oxygens (including phenoxy) is 2. The van der Waals surface area contributed by atoms with Crippen LogP contribution in [0.15, 0.2) is 48.0 Å². The fraction of sp³-hybridized carbons (Fsp3) is 0.652. The third-order valence-electron chi connectivity index (χ3n) is 4.78. The van der Waals surface area contributed by atoms with Gasteiger partial charge in [0.2, 0.25) is 0 Å². The topological polar surface area (TPSA) is 42.5 Å². The second-order valence-electron chi connectivity index (χ2n) is 7.40. The SMILES string of the molecule is C=C(C=C(C)OC)CCNCCC(NCC)C(C(C)=CC(=C)OC)C(C)C. The fourth-order valence-corrected chi connectivity index (χ4v) is 3.44. The lowest BCUT2D eigenvalue weighted by molar-refractivity contribution is 0.292. The molecule has 0 amide bonds. The molecule has 4 heteroatoms. The van der Waals surface area contributed by atoms with E-state index in [4.69, 9.17) is 9.47 Å². The number of methoxy groups -OCH3 is 2. The van der Waals surface area contributed by atoms with Gasteiger partial charge in [0.15, 0.2) is 0 Å². The zero-order valence-corrected chi connectivity index (χ0v) is 18.7. The van der Waals surface area contributed by atoms with Crippen molar-refractivity contribution < 1.29 is 9.47 Å². The molecule has 2 atom stereocenters. The van der Waals surface area contributed by atoms with E-state index in [1.807, 2.05) is 13.0 Å². The molecule has 0 aliphatic carbocycles. The Bertz CT molecular complexity index is 507. The number of rotatable bonds is 15. The van der Waals surface area contributed by atoms with Crippen molar-refractivity contribution in [3.63, 3.8) is 0 Å². The van der Waals surface area contributed by atoms with Crippen molar-refractivity contribution in [2.75, 3.05) is 33.9 Å². The Hall–Kier alpha value is -1.52. The summed E-state index contributed by atoms with van der Waals surface area (Å²) in [5, 5.41) is 7.22. The largest absolute Gasteiger partial charge is 0.501 e. The monoisotopic (exact) mass is 378 g/mol. The van der Waals surface area contributed by atoms with Crippen LogP contribution in [-0.4, -0.2) is 39.9 Å². The molecule has 0 bridgehead atoms. The molecule has 2 unspecified atom stereocenters. The van der Waals surface area contributed by atoms with Crippen LogP contribution < -0.4 is 10.6 Å². The number of nitrogens with one attached hydrogen (secondary N) is 2. The minimum Gasteiger partial charge on any atom is -0.501 e. The summed E-state index contributed by atoms with van der Waals surface area (Å²) >= 11 is 0. The minimum absolute atomic E-state index is 0.419. The molecule has 0 spiro atoms. The normalized spacial score (nSPS) is 14.8. The van der Waals surface area contributed by atoms with Crippen LogP contribution >= 0.6 is 0 Å². The van der Waals surface area contributed by atoms with Gasteiger partial charge in [-0.05, 0) is 70.3 Å². The van der Waals surface area contributed by atoms with Crippen molar-refractivity contribution in [1.29, 1.82) is 0 Å². The molecule has 0 saturated heterocycles. The Labute approximate surface area is 167 Å². The van der Waals surface area contributed by atoms with Gasteiger partial charge < -0.3 is 20.1 Å². The molecule has 0 heterocycles. The van der Waals surface area contributed by atoms with Crippen molar-refractivity contribution in [2.24, 2.45) is 11.8 Å². The Morgan fingerprint density at radius 1 is 1.04 bits per heavy atom. The summed E-state index contributed by atoms with van der Waals surface area (Å²) in [5.74, 6) is 2.59. The van der Waals surface area contributed by atoms with Gasteiger partial charge in [0.1, 0.15) is 5.76 Å². The van der Waals surface area contributed by atoms with Crippen LogP contribution in [0.5, 0.6) is 0 Å². The molecule has 0 aromatic carbocycles. The molecule has 0 aliphatic heterocycles. The van der Waals surface area contributed by atoms with Gasteiger partial charge >= 0.3 is 0 Å². The molecule has 0 aromatic rings. The van der Waals surface area contributed by atoms with Gasteiger partial charge in [0.05, 0.1) is 20.0 Å². The van der Waals surface area contributed by atoms with Crippen LogP contribution in [0.2, 0.25) is 0 Å². The van der Waals surface area contributed by atoms with E-state index < -0.39 is 0 Å². The van der Waals surface area contributed by atoms with Gasteiger partial charge in [-0.15, -0.1) is 0 Å². The second-order valence-corrected chi connectivity index (χ2v) is 7.40. The summed E-state index contributed by atoms with van der Waals surface area (Å²) < 4.78 is 10.4. The Morgan fingerprint density at radius 3 is 2.22 bits per heavy atom. The quantitative estimate of drug-likeness (QED) is 0.244. The predicted octanol–water partition coefficient (Wildman–Crippen LogP) is 4.82. The highest BCUT2D eigenvalue weighted by Crippen LogP contribution is 2.26. The van der Waals surface area contributed by atoms with Crippen molar-refractivity contribution in [2.45, 2.75) is 53.5 Å². The molecule has 0 saturated carbocycles. The van der Waals surface area contributed by atoms with Crippen molar-refractivity contribution in [3.05, 3.63) is 48.0 Å². The van der Waals surface area contributed by atoms with Crippen molar-refractivity contribution in [3.8, 4) is 0 Å². The lowest BCUT2D eigenvalue weighted by atomic mass is 9.81. The Morgan fingerprint density at radius 2 is 1.70 bits per heavy atom. The van der Waals surface area contributed by atoms with E-state index in [2.05, 4.69) is 57.6 Å². The van der Waals surface area contributed by atoms with E-state index in [0.717, 1.165) is 43.8 Å². The van der Waals surface area contributed by atoms with E-state index in [1.54, 1.807) is 14.2 Å². The highest BCUT2D eigenvalue weighted by Gasteiger charge is 2.25. The maximum absolute atomic E-state index is 5.24.